The molecule has 0 saturated carbocycles. The van der Waals surface area contributed by atoms with Crippen LogP contribution in [0.4, 0.5) is 0 Å². The Morgan fingerprint density at radius 2 is 1.09 bits per heavy atom. The van der Waals surface area contributed by atoms with Gasteiger partial charge in [-0.25, -0.2) is 0 Å². The Morgan fingerprint density at radius 1 is 0.696 bits per heavy atom. The van der Waals surface area contributed by atoms with E-state index in [2.05, 4.69) is 71.0 Å². The lowest BCUT2D eigenvalue weighted by atomic mass is 10.0. The SMILES string of the molecule is COc1ccc(CC(C)C)cc1.Cc1ccc(CC(C)C)cc1. The highest BCUT2D eigenvalue weighted by Gasteiger charge is 1.97. The molecule has 0 radical (unpaired) electrons. The van der Waals surface area contributed by atoms with Crippen molar-refractivity contribution >= 4 is 0 Å². The van der Waals surface area contributed by atoms with Crippen LogP contribution in [0.2, 0.25) is 0 Å². The van der Waals surface area contributed by atoms with Crippen LogP contribution in [-0.4, -0.2) is 7.11 Å². The molecule has 0 bridgehead atoms. The fourth-order valence-corrected chi connectivity index (χ4v) is 2.43. The van der Waals surface area contributed by atoms with Crippen molar-refractivity contribution < 1.29 is 4.74 Å². The molecule has 0 aromatic heterocycles. The van der Waals surface area contributed by atoms with Gasteiger partial charge in [-0.2, -0.15) is 0 Å². The summed E-state index contributed by atoms with van der Waals surface area (Å²) in [7, 11) is 1.69. The number of benzene rings is 2. The van der Waals surface area contributed by atoms with Gasteiger partial charge < -0.3 is 4.74 Å². The van der Waals surface area contributed by atoms with Crippen molar-refractivity contribution in [1.29, 1.82) is 0 Å². The van der Waals surface area contributed by atoms with Gasteiger partial charge in [-0.15, -0.1) is 0 Å². The van der Waals surface area contributed by atoms with E-state index in [4.69, 9.17) is 4.74 Å². The highest BCUT2D eigenvalue weighted by atomic mass is 16.5. The molecule has 0 spiro atoms. The third-order valence-electron chi connectivity index (χ3n) is 3.57. The maximum Gasteiger partial charge on any atom is 0.118 e. The van der Waals surface area contributed by atoms with E-state index in [0.717, 1.165) is 24.0 Å². The zero-order chi connectivity index (χ0) is 17.2. The van der Waals surface area contributed by atoms with E-state index in [-0.39, 0.29) is 0 Å². The molecule has 0 N–H and O–H groups in total. The molecule has 0 amide bonds. The predicted molar refractivity (Wildman–Crippen MR) is 101 cm³/mol. The molecule has 23 heavy (non-hydrogen) atoms. The third-order valence-corrected chi connectivity index (χ3v) is 3.57. The minimum absolute atomic E-state index is 0.721. The van der Waals surface area contributed by atoms with Crippen molar-refractivity contribution in [3.63, 3.8) is 0 Å². The zero-order valence-corrected chi connectivity index (χ0v) is 15.6. The second kappa shape index (κ2) is 10.1. The summed E-state index contributed by atoms with van der Waals surface area (Å²) in [6.45, 7) is 11.1. The van der Waals surface area contributed by atoms with Gasteiger partial charge in [0.2, 0.25) is 0 Å². The quantitative estimate of drug-likeness (QED) is 0.649. The Kier molecular flexibility index (Phi) is 8.47. The Morgan fingerprint density at radius 3 is 1.43 bits per heavy atom. The van der Waals surface area contributed by atoms with Gasteiger partial charge in [0, 0.05) is 0 Å². The lowest BCUT2D eigenvalue weighted by Gasteiger charge is -2.05. The average molecular weight is 312 g/mol. The minimum atomic E-state index is 0.721. The highest BCUT2D eigenvalue weighted by molar-refractivity contribution is 5.27. The van der Waals surface area contributed by atoms with Crippen molar-refractivity contribution in [2.24, 2.45) is 11.8 Å². The normalized spacial score (nSPS) is 10.4. The van der Waals surface area contributed by atoms with Gasteiger partial charge in [-0.05, 0) is 54.9 Å². The van der Waals surface area contributed by atoms with Gasteiger partial charge in [0.1, 0.15) is 5.75 Å². The number of hydrogen-bond acceptors (Lipinski definition) is 1. The second-order valence-electron chi connectivity index (χ2n) is 7.03. The summed E-state index contributed by atoms with van der Waals surface area (Å²) in [5.74, 6) is 2.42. The van der Waals surface area contributed by atoms with Crippen LogP contribution in [0, 0.1) is 18.8 Å². The molecule has 0 saturated heterocycles. The first-order chi connectivity index (χ1) is 10.9. The van der Waals surface area contributed by atoms with Gasteiger partial charge in [-0.1, -0.05) is 69.7 Å². The Hall–Kier alpha value is -1.76. The fraction of sp³-hybridized carbons (Fsp3) is 0.455. The van der Waals surface area contributed by atoms with Gasteiger partial charge in [0.15, 0.2) is 0 Å². The van der Waals surface area contributed by atoms with Crippen LogP contribution in [-0.2, 0) is 12.8 Å². The van der Waals surface area contributed by atoms with Crippen molar-refractivity contribution in [2.75, 3.05) is 7.11 Å². The molecule has 0 unspecified atom stereocenters. The number of rotatable bonds is 5. The van der Waals surface area contributed by atoms with Crippen molar-refractivity contribution in [3.8, 4) is 5.75 Å². The number of ether oxygens (including phenoxy) is 1. The third kappa shape index (κ3) is 8.44. The molecule has 2 aromatic carbocycles. The molecule has 1 heteroatoms. The van der Waals surface area contributed by atoms with Gasteiger partial charge in [-0.3, -0.25) is 0 Å². The summed E-state index contributed by atoms with van der Waals surface area (Å²) in [6.07, 6.45) is 2.34. The lowest BCUT2D eigenvalue weighted by molar-refractivity contribution is 0.414. The first-order valence-electron chi connectivity index (χ1n) is 8.59. The van der Waals surface area contributed by atoms with Crippen LogP contribution in [0.1, 0.15) is 44.4 Å². The molecule has 2 aromatic rings. The summed E-state index contributed by atoms with van der Waals surface area (Å²) >= 11 is 0. The first kappa shape index (κ1) is 19.3. The Labute approximate surface area is 142 Å². The van der Waals surface area contributed by atoms with Crippen LogP contribution >= 0.6 is 0 Å². The summed E-state index contributed by atoms with van der Waals surface area (Å²) in [5, 5.41) is 0. The molecule has 0 aliphatic carbocycles. The average Bonchev–Trinajstić information content (AvgIpc) is 2.50. The minimum Gasteiger partial charge on any atom is -0.497 e. The monoisotopic (exact) mass is 312 g/mol. The topological polar surface area (TPSA) is 9.23 Å². The largest absolute Gasteiger partial charge is 0.497 e. The molecular weight excluding hydrogens is 280 g/mol. The standard InChI is InChI=1S/C11H16O.C11H16/c1-9(2)8-10-4-6-11(12-3)7-5-10;1-9(2)8-11-6-4-10(3)5-7-11/h4-7,9H,8H2,1-3H3;4-7,9H,8H2,1-3H3. The van der Waals surface area contributed by atoms with Crippen LogP contribution < -0.4 is 4.74 Å². The summed E-state index contributed by atoms with van der Waals surface area (Å²) < 4.78 is 5.07. The highest BCUT2D eigenvalue weighted by Crippen LogP contribution is 2.14. The van der Waals surface area contributed by atoms with Crippen molar-refractivity contribution in [1.82, 2.24) is 0 Å². The molecule has 1 nitrogen and oxygen atoms in total. The van der Waals surface area contributed by atoms with E-state index < -0.39 is 0 Å². The Bertz CT molecular complexity index is 535. The van der Waals surface area contributed by atoms with E-state index in [1.54, 1.807) is 7.11 Å². The number of aryl methyl sites for hydroxylation is 1. The molecule has 0 fully saturated rings. The van der Waals surface area contributed by atoms with Gasteiger partial charge >= 0.3 is 0 Å². The van der Waals surface area contributed by atoms with E-state index in [9.17, 15) is 0 Å². The number of hydrogen-bond donors (Lipinski definition) is 0. The molecule has 0 atom stereocenters. The predicted octanol–water partition coefficient (Wildman–Crippen LogP) is 6.09. The number of methoxy groups -OCH3 is 1. The van der Waals surface area contributed by atoms with E-state index >= 15 is 0 Å². The summed E-state index contributed by atoms with van der Waals surface area (Å²) in [6, 6.07) is 17.1. The van der Waals surface area contributed by atoms with Gasteiger partial charge in [0.25, 0.3) is 0 Å². The first-order valence-corrected chi connectivity index (χ1v) is 8.59. The van der Waals surface area contributed by atoms with Crippen molar-refractivity contribution in [3.05, 3.63) is 65.2 Å². The van der Waals surface area contributed by atoms with E-state index in [1.807, 2.05) is 12.1 Å². The van der Waals surface area contributed by atoms with E-state index in [1.165, 1.54) is 23.1 Å². The lowest BCUT2D eigenvalue weighted by Crippen LogP contribution is -1.93. The van der Waals surface area contributed by atoms with Crippen LogP contribution in [0.5, 0.6) is 5.75 Å². The summed E-state index contributed by atoms with van der Waals surface area (Å²) in [5.41, 5.74) is 4.17. The van der Waals surface area contributed by atoms with Crippen LogP contribution in [0.15, 0.2) is 48.5 Å². The zero-order valence-electron chi connectivity index (χ0n) is 15.6. The molecule has 0 aliphatic rings. The van der Waals surface area contributed by atoms with E-state index in [0.29, 0.717) is 0 Å². The molecular formula is C22H32O. The maximum absolute atomic E-state index is 5.07. The van der Waals surface area contributed by atoms with Crippen LogP contribution in [0.3, 0.4) is 0 Å². The molecule has 0 aliphatic heterocycles. The maximum atomic E-state index is 5.07. The molecule has 2 rings (SSSR count). The van der Waals surface area contributed by atoms with Crippen LogP contribution in [0.25, 0.3) is 0 Å². The Balaban J connectivity index is 0.000000231. The fourth-order valence-electron chi connectivity index (χ4n) is 2.43. The molecule has 126 valence electrons. The summed E-state index contributed by atoms with van der Waals surface area (Å²) in [4.78, 5) is 0. The second-order valence-corrected chi connectivity index (χ2v) is 7.03. The molecule has 0 heterocycles. The van der Waals surface area contributed by atoms with Crippen molar-refractivity contribution in [2.45, 2.75) is 47.5 Å². The van der Waals surface area contributed by atoms with Gasteiger partial charge in [0.05, 0.1) is 7.11 Å². The smallest absolute Gasteiger partial charge is 0.118 e.